The molecule has 2 rings (SSSR count). The van der Waals surface area contributed by atoms with Crippen LogP contribution in [0, 0.1) is 0 Å². The van der Waals surface area contributed by atoms with Crippen LogP contribution in [0.25, 0.3) is 0 Å². The summed E-state index contributed by atoms with van der Waals surface area (Å²) in [5.74, 6) is 2.47. The normalized spacial score (nSPS) is 15.5. The van der Waals surface area contributed by atoms with E-state index >= 15 is 0 Å². The first-order chi connectivity index (χ1) is 11.3. The second-order valence-electron chi connectivity index (χ2n) is 5.83. The van der Waals surface area contributed by atoms with Crippen LogP contribution >= 0.6 is 0 Å². The number of para-hydroxylation sites is 1. The van der Waals surface area contributed by atoms with Crippen LogP contribution in [-0.2, 0) is 6.54 Å². The number of methoxy groups -OCH3 is 1. The van der Waals surface area contributed by atoms with Crippen molar-refractivity contribution in [3.05, 3.63) is 23.8 Å². The minimum Gasteiger partial charge on any atom is -0.493 e. The van der Waals surface area contributed by atoms with E-state index in [4.69, 9.17) is 9.47 Å². The summed E-state index contributed by atoms with van der Waals surface area (Å²) in [7, 11) is 3.47. The van der Waals surface area contributed by atoms with Gasteiger partial charge in [-0.3, -0.25) is 4.99 Å². The number of hydrogen-bond donors (Lipinski definition) is 2. The Morgan fingerprint density at radius 2 is 2.04 bits per heavy atom. The van der Waals surface area contributed by atoms with Crippen molar-refractivity contribution in [1.29, 1.82) is 0 Å². The number of hydrogen-bond acceptors (Lipinski definition) is 3. The van der Waals surface area contributed by atoms with Crippen LogP contribution in [0.5, 0.6) is 11.5 Å². The van der Waals surface area contributed by atoms with Crippen LogP contribution in [0.2, 0.25) is 0 Å². The van der Waals surface area contributed by atoms with E-state index in [1.807, 2.05) is 12.1 Å². The summed E-state index contributed by atoms with van der Waals surface area (Å²) in [5, 5.41) is 6.62. The van der Waals surface area contributed by atoms with Gasteiger partial charge < -0.3 is 20.1 Å². The van der Waals surface area contributed by atoms with Gasteiger partial charge in [0.2, 0.25) is 0 Å². The molecule has 1 fully saturated rings. The Kier molecular flexibility index (Phi) is 7.04. The van der Waals surface area contributed by atoms with Crippen molar-refractivity contribution in [3.8, 4) is 11.5 Å². The van der Waals surface area contributed by atoms with Gasteiger partial charge in [0, 0.05) is 25.7 Å². The molecule has 1 aromatic rings. The van der Waals surface area contributed by atoms with Gasteiger partial charge in [0.15, 0.2) is 17.5 Å². The molecule has 0 aromatic heterocycles. The number of nitrogens with zero attached hydrogens (tertiary/aromatic N) is 1. The highest BCUT2D eigenvalue weighted by Gasteiger charge is 2.20. The molecule has 0 aliphatic heterocycles. The van der Waals surface area contributed by atoms with E-state index in [0.29, 0.717) is 12.6 Å². The van der Waals surface area contributed by atoms with Crippen LogP contribution in [0.15, 0.2) is 23.2 Å². The second-order valence-corrected chi connectivity index (χ2v) is 5.83. The third-order valence-electron chi connectivity index (χ3n) is 4.08. The zero-order valence-electron chi connectivity index (χ0n) is 14.5. The minimum atomic E-state index is 0.308. The van der Waals surface area contributed by atoms with Crippen LogP contribution in [0.1, 0.15) is 44.6 Å². The molecule has 0 amide bonds. The Morgan fingerprint density at radius 3 is 2.70 bits per heavy atom. The summed E-state index contributed by atoms with van der Waals surface area (Å²) in [6, 6.07) is 6.03. The summed E-state index contributed by atoms with van der Waals surface area (Å²) in [4.78, 5) is 4.24. The molecule has 0 atom stereocenters. The topological polar surface area (TPSA) is 54.9 Å². The van der Waals surface area contributed by atoms with Gasteiger partial charge in [0.25, 0.3) is 0 Å². The van der Waals surface area contributed by atoms with Crippen molar-refractivity contribution in [3.63, 3.8) is 0 Å². The van der Waals surface area contributed by atoms with Crippen molar-refractivity contribution in [1.82, 2.24) is 10.6 Å². The van der Waals surface area contributed by atoms with E-state index < -0.39 is 0 Å². The quantitative estimate of drug-likeness (QED) is 0.599. The summed E-state index contributed by atoms with van der Waals surface area (Å²) in [5.41, 5.74) is 1.09. The SMILES string of the molecule is CCCNC(=NC)NCc1cccc(OC)c1OC1CCCC1. The molecule has 1 aromatic carbocycles. The van der Waals surface area contributed by atoms with Gasteiger partial charge in [-0.2, -0.15) is 0 Å². The highest BCUT2D eigenvalue weighted by Crippen LogP contribution is 2.34. The van der Waals surface area contributed by atoms with E-state index in [1.165, 1.54) is 12.8 Å². The monoisotopic (exact) mass is 319 g/mol. The van der Waals surface area contributed by atoms with E-state index in [0.717, 1.165) is 48.8 Å². The lowest BCUT2D eigenvalue weighted by atomic mass is 10.1. The Balaban J connectivity index is 2.07. The zero-order chi connectivity index (χ0) is 16.5. The number of aliphatic imine (C=N–C) groups is 1. The van der Waals surface area contributed by atoms with Crippen LogP contribution < -0.4 is 20.1 Å². The number of ether oxygens (including phenoxy) is 2. The van der Waals surface area contributed by atoms with Gasteiger partial charge in [-0.25, -0.2) is 0 Å². The van der Waals surface area contributed by atoms with Crippen LogP contribution in [0.3, 0.4) is 0 Å². The minimum absolute atomic E-state index is 0.308. The average Bonchev–Trinajstić information content (AvgIpc) is 3.09. The summed E-state index contributed by atoms with van der Waals surface area (Å²) in [6.07, 6.45) is 6.13. The molecule has 1 saturated carbocycles. The van der Waals surface area contributed by atoms with Gasteiger partial charge in [0.1, 0.15) is 0 Å². The maximum absolute atomic E-state index is 6.25. The maximum Gasteiger partial charge on any atom is 0.191 e. The van der Waals surface area contributed by atoms with Crippen molar-refractivity contribution in [2.45, 2.75) is 51.7 Å². The highest BCUT2D eigenvalue weighted by atomic mass is 16.5. The standard InChI is InChI=1S/C18H29N3O2/c1-4-12-20-18(19-2)21-13-14-8-7-11-16(22-3)17(14)23-15-9-5-6-10-15/h7-8,11,15H,4-6,9-10,12-13H2,1-3H3,(H2,19,20,21). The fourth-order valence-electron chi connectivity index (χ4n) is 2.81. The Hall–Kier alpha value is -1.91. The van der Waals surface area contributed by atoms with Gasteiger partial charge in [-0.15, -0.1) is 0 Å². The first kappa shape index (κ1) is 17.4. The molecule has 0 unspecified atom stereocenters. The fourth-order valence-corrected chi connectivity index (χ4v) is 2.81. The van der Waals surface area contributed by atoms with Crippen molar-refractivity contribution < 1.29 is 9.47 Å². The molecule has 23 heavy (non-hydrogen) atoms. The van der Waals surface area contributed by atoms with Gasteiger partial charge in [0.05, 0.1) is 13.2 Å². The molecule has 0 radical (unpaired) electrons. The largest absolute Gasteiger partial charge is 0.493 e. The molecule has 0 spiro atoms. The van der Waals surface area contributed by atoms with Crippen LogP contribution in [-0.4, -0.2) is 32.8 Å². The second kappa shape index (κ2) is 9.28. The van der Waals surface area contributed by atoms with E-state index in [-0.39, 0.29) is 0 Å². The zero-order valence-corrected chi connectivity index (χ0v) is 14.5. The number of benzene rings is 1. The van der Waals surface area contributed by atoms with E-state index in [1.54, 1.807) is 14.2 Å². The van der Waals surface area contributed by atoms with Gasteiger partial charge in [-0.1, -0.05) is 19.1 Å². The van der Waals surface area contributed by atoms with E-state index in [9.17, 15) is 0 Å². The van der Waals surface area contributed by atoms with Gasteiger partial charge in [-0.05, 0) is 38.2 Å². The first-order valence-corrected chi connectivity index (χ1v) is 8.55. The summed E-state index contributed by atoms with van der Waals surface area (Å²) < 4.78 is 11.7. The molecular weight excluding hydrogens is 290 g/mol. The van der Waals surface area contributed by atoms with E-state index in [2.05, 4.69) is 28.6 Å². The average molecular weight is 319 g/mol. The molecular formula is C18H29N3O2. The molecule has 2 N–H and O–H groups in total. The Labute approximate surface area is 139 Å². The lowest BCUT2D eigenvalue weighted by Gasteiger charge is -2.20. The Morgan fingerprint density at radius 1 is 1.26 bits per heavy atom. The van der Waals surface area contributed by atoms with Crippen LogP contribution in [0.4, 0.5) is 0 Å². The summed E-state index contributed by atoms with van der Waals surface area (Å²) >= 11 is 0. The Bertz CT molecular complexity index is 511. The number of nitrogens with one attached hydrogen (secondary N) is 2. The molecule has 0 heterocycles. The van der Waals surface area contributed by atoms with Crippen molar-refractivity contribution >= 4 is 5.96 Å². The molecule has 1 aliphatic carbocycles. The molecule has 5 heteroatoms. The molecule has 1 aliphatic rings. The molecule has 0 bridgehead atoms. The third kappa shape index (κ3) is 5.05. The van der Waals surface area contributed by atoms with Crippen molar-refractivity contribution in [2.75, 3.05) is 20.7 Å². The lowest BCUT2D eigenvalue weighted by Crippen LogP contribution is -2.37. The molecule has 0 saturated heterocycles. The smallest absolute Gasteiger partial charge is 0.191 e. The maximum atomic E-state index is 6.25. The fraction of sp³-hybridized carbons (Fsp3) is 0.611. The predicted octanol–water partition coefficient (Wildman–Crippen LogP) is 3.09. The number of guanidine groups is 1. The molecule has 5 nitrogen and oxygen atoms in total. The highest BCUT2D eigenvalue weighted by molar-refractivity contribution is 5.79. The summed E-state index contributed by atoms with van der Waals surface area (Å²) in [6.45, 7) is 3.70. The first-order valence-electron chi connectivity index (χ1n) is 8.55. The molecule has 128 valence electrons. The predicted molar refractivity (Wildman–Crippen MR) is 94.4 cm³/mol. The van der Waals surface area contributed by atoms with Crippen molar-refractivity contribution in [2.24, 2.45) is 4.99 Å². The lowest BCUT2D eigenvalue weighted by molar-refractivity contribution is 0.198. The third-order valence-corrected chi connectivity index (χ3v) is 4.08. The number of rotatable bonds is 7. The van der Waals surface area contributed by atoms with Gasteiger partial charge >= 0.3 is 0 Å².